The molecule has 1 N–H and O–H groups in total. The number of carbonyl (C=O) groups is 1. The number of nitrogens with zero attached hydrogens (tertiary/aromatic N) is 1. The van der Waals surface area contributed by atoms with Crippen molar-refractivity contribution in [1.82, 2.24) is 4.90 Å². The van der Waals surface area contributed by atoms with Crippen LogP contribution in [0.3, 0.4) is 0 Å². The van der Waals surface area contributed by atoms with Crippen molar-refractivity contribution in [3.8, 4) is 11.5 Å². The van der Waals surface area contributed by atoms with E-state index in [2.05, 4.69) is 30.9 Å². The molecule has 3 unspecified atom stereocenters. The molecule has 2 bridgehead atoms. The Hall–Kier alpha value is -2.61. The van der Waals surface area contributed by atoms with Gasteiger partial charge < -0.3 is 24.1 Å². The van der Waals surface area contributed by atoms with E-state index in [1.54, 1.807) is 7.11 Å². The van der Waals surface area contributed by atoms with E-state index >= 15 is 0 Å². The second-order valence-electron chi connectivity index (χ2n) is 13.7. The molecule has 2 aliphatic heterocycles. The van der Waals surface area contributed by atoms with Gasteiger partial charge in [0, 0.05) is 42.6 Å². The topological polar surface area (TPSA) is 77.5 Å². The minimum Gasteiger partial charge on any atom is -0.493 e. The van der Waals surface area contributed by atoms with E-state index in [1.165, 1.54) is 30.5 Å². The molecule has 7 nitrogen and oxygen atoms in total. The van der Waals surface area contributed by atoms with Crippen LogP contribution in [0, 0.1) is 23.2 Å². The fraction of sp³-hybridized carbons (Fsp3) is 0.618. The highest BCUT2D eigenvalue weighted by Crippen LogP contribution is 2.68. The maximum atomic E-state index is 11.0. The zero-order valence-corrected chi connectivity index (χ0v) is 24.7. The summed E-state index contributed by atoms with van der Waals surface area (Å²) in [7, 11) is 3.57. The molecule has 2 saturated carbocycles. The van der Waals surface area contributed by atoms with Crippen molar-refractivity contribution in [2.75, 3.05) is 33.9 Å². The smallest absolute Gasteiger partial charge is 0.307 e. The third-order valence-electron chi connectivity index (χ3n) is 11.0. The molecule has 2 aromatic rings. The minimum absolute atomic E-state index is 0.0332. The predicted octanol–water partition coefficient (Wildman–Crippen LogP) is 4.87. The van der Waals surface area contributed by atoms with E-state index in [1.807, 2.05) is 31.4 Å². The number of methoxy groups -OCH3 is 2. The summed E-state index contributed by atoms with van der Waals surface area (Å²) in [6.45, 7) is 8.14. The third kappa shape index (κ3) is 4.22. The van der Waals surface area contributed by atoms with Crippen molar-refractivity contribution in [1.29, 1.82) is 0 Å². The Balaban J connectivity index is 1.21. The fourth-order valence-electron chi connectivity index (χ4n) is 9.21. The summed E-state index contributed by atoms with van der Waals surface area (Å²) in [6, 6.07) is 12.6. The molecule has 3 aliphatic carbocycles. The van der Waals surface area contributed by atoms with Crippen molar-refractivity contribution in [3.05, 3.63) is 58.7 Å². The molecule has 0 radical (unpaired) electrons. The lowest BCUT2D eigenvalue weighted by Crippen LogP contribution is -2.74. The molecule has 7 heteroatoms. The molecule has 220 valence electrons. The summed E-state index contributed by atoms with van der Waals surface area (Å²) in [5, 5.41) is 9.08. The predicted molar refractivity (Wildman–Crippen MR) is 154 cm³/mol. The van der Waals surface area contributed by atoms with E-state index in [9.17, 15) is 4.79 Å². The number of hydrogen-bond donors (Lipinski definition) is 1. The Kier molecular flexibility index (Phi) is 6.64. The first-order valence-corrected chi connectivity index (χ1v) is 15.3. The van der Waals surface area contributed by atoms with Crippen molar-refractivity contribution >= 4 is 5.97 Å². The molecular formula is C34H43NO6. The summed E-state index contributed by atoms with van der Waals surface area (Å²) < 4.78 is 25.8. The first-order valence-electron chi connectivity index (χ1n) is 15.3. The Morgan fingerprint density at radius 1 is 1.12 bits per heavy atom. The first kappa shape index (κ1) is 27.2. The Bertz CT molecular complexity index is 1320. The number of carboxylic acid groups (broad SMARTS) is 1. The van der Waals surface area contributed by atoms with Gasteiger partial charge >= 0.3 is 5.97 Å². The highest BCUT2D eigenvalue weighted by molar-refractivity contribution is 5.70. The van der Waals surface area contributed by atoms with Crippen LogP contribution in [-0.2, 0) is 39.1 Å². The van der Waals surface area contributed by atoms with Crippen LogP contribution in [0.15, 0.2) is 36.4 Å². The van der Waals surface area contributed by atoms with Gasteiger partial charge in [-0.3, -0.25) is 9.69 Å². The minimum atomic E-state index is -0.818. The van der Waals surface area contributed by atoms with E-state index in [4.69, 9.17) is 24.1 Å². The maximum Gasteiger partial charge on any atom is 0.307 e. The second kappa shape index (κ2) is 9.99. The molecule has 7 atom stereocenters. The Morgan fingerprint density at radius 2 is 1.88 bits per heavy atom. The average Bonchev–Trinajstić information content (AvgIpc) is 3.69. The molecule has 1 spiro atoms. The highest BCUT2D eigenvalue weighted by atomic mass is 16.6. The van der Waals surface area contributed by atoms with Crippen LogP contribution >= 0.6 is 0 Å². The molecule has 2 aromatic carbocycles. The van der Waals surface area contributed by atoms with Gasteiger partial charge in [-0.2, -0.15) is 0 Å². The number of hydrogen-bond acceptors (Lipinski definition) is 6. The SMILES string of the molecule is COc1ccc2c3c1O[C@H]1C(OC)[C@](C)(COCc4ccc(CC(=O)O)cc4)CC4[C@@H](C2)N(CC2CC2)C[C@H](C)C341. The zero-order chi connectivity index (χ0) is 28.5. The Morgan fingerprint density at radius 3 is 2.56 bits per heavy atom. The van der Waals surface area contributed by atoms with Crippen molar-refractivity contribution in [2.45, 2.75) is 76.2 Å². The van der Waals surface area contributed by atoms with Gasteiger partial charge in [0.05, 0.1) is 26.7 Å². The van der Waals surface area contributed by atoms with Crippen LogP contribution in [0.25, 0.3) is 0 Å². The van der Waals surface area contributed by atoms with Crippen molar-refractivity contribution in [3.63, 3.8) is 0 Å². The highest BCUT2D eigenvalue weighted by Gasteiger charge is 2.72. The third-order valence-corrected chi connectivity index (χ3v) is 11.0. The number of ether oxygens (including phenoxy) is 4. The van der Waals surface area contributed by atoms with Crippen LogP contribution in [0.4, 0.5) is 0 Å². The second-order valence-corrected chi connectivity index (χ2v) is 13.7. The zero-order valence-electron chi connectivity index (χ0n) is 24.7. The summed E-state index contributed by atoms with van der Waals surface area (Å²) in [5.74, 6) is 2.69. The standard InChI is InChI=1S/C34H43NO6/c1-20-16-35(17-22-7-8-22)26-14-24-11-12-27(38-3)30-29(24)34(20)25(26)15-33(2,31(39-4)32(34)41-30)19-40-18-23-9-5-21(6-10-23)13-28(36)37/h5-6,9-12,20,22,25-26,31-32H,7-8,13-19H2,1-4H3,(H,36,37)/t20-,25?,26+,31?,32-,33-,34?/m0/s1. The van der Waals surface area contributed by atoms with Crippen LogP contribution in [-0.4, -0.2) is 68.1 Å². The van der Waals surface area contributed by atoms with Gasteiger partial charge in [0.2, 0.25) is 0 Å². The molecule has 7 rings (SSSR count). The maximum absolute atomic E-state index is 11.0. The number of piperidine rings is 1. The molecule has 3 fully saturated rings. The molecule has 5 aliphatic rings. The number of carboxylic acids is 1. The van der Waals surface area contributed by atoms with Gasteiger partial charge in [0.15, 0.2) is 11.5 Å². The van der Waals surface area contributed by atoms with E-state index in [0.717, 1.165) is 47.9 Å². The molecule has 0 amide bonds. The van der Waals surface area contributed by atoms with Crippen LogP contribution in [0.1, 0.15) is 55.4 Å². The lowest BCUT2D eigenvalue weighted by atomic mass is 9.44. The lowest BCUT2D eigenvalue weighted by Gasteiger charge is -2.65. The van der Waals surface area contributed by atoms with Crippen LogP contribution in [0.2, 0.25) is 0 Å². The lowest BCUT2D eigenvalue weighted by molar-refractivity contribution is -0.202. The monoisotopic (exact) mass is 561 g/mol. The molecule has 1 saturated heterocycles. The molecule has 41 heavy (non-hydrogen) atoms. The Labute approximate surface area is 243 Å². The first-order chi connectivity index (χ1) is 19.8. The van der Waals surface area contributed by atoms with Gasteiger partial charge in [0.1, 0.15) is 12.2 Å². The van der Waals surface area contributed by atoms with E-state index in [-0.39, 0.29) is 29.5 Å². The van der Waals surface area contributed by atoms with Crippen molar-refractivity contribution < 1.29 is 28.8 Å². The van der Waals surface area contributed by atoms with E-state index < -0.39 is 5.97 Å². The van der Waals surface area contributed by atoms with Gasteiger partial charge in [-0.1, -0.05) is 44.2 Å². The van der Waals surface area contributed by atoms with Gasteiger partial charge in [0.25, 0.3) is 0 Å². The number of benzene rings is 2. The number of aliphatic carboxylic acids is 1. The summed E-state index contributed by atoms with van der Waals surface area (Å²) in [4.78, 5) is 13.9. The molecule has 0 aromatic heterocycles. The van der Waals surface area contributed by atoms with E-state index in [0.29, 0.717) is 31.1 Å². The number of rotatable bonds is 10. The van der Waals surface area contributed by atoms with Gasteiger partial charge in [-0.05, 0) is 66.2 Å². The molecular weight excluding hydrogens is 518 g/mol. The van der Waals surface area contributed by atoms with Gasteiger partial charge in [-0.25, -0.2) is 0 Å². The summed E-state index contributed by atoms with van der Waals surface area (Å²) in [6.07, 6.45) is 4.63. The summed E-state index contributed by atoms with van der Waals surface area (Å²) >= 11 is 0. The van der Waals surface area contributed by atoms with Crippen LogP contribution < -0.4 is 9.47 Å². The fourth-order valence-corrected chi connectivity index (χ4v) is 9.21. The average molecular weight is 562 g/mol. The number of likely N-dealkylation sites (tertiary alicyclic amines) is 1. The van der Waals surface area contributed by atoms with Crippen LogP contribution in [0.5, 0.6) is 11.5 Å². The normalized spacial score (nSPS) is 35.1. The largest absolute Gasteiger partial charge is 0.493 e. The quantitative estimate of drug-likeness (QED) is 0.444. The van der Waals surface area contributed by atoms with Crippen molar-refractivity contribution in [2.24, 2.45) is 23.2 Å². The molecule has 2 heterocycles. The summed E-state index contributed by atoms with van der Waals surface area (Å²) in [5.41, 5.74) is 4.34. The van der Waals surface area contributed by atoms with Gasteiger partial charge in [-0.15, -0.1) is 0 Å².